The van der Waals surface area contributed by atoms with E-state index in [0.717, 1.165) is 24.7 Å². The van der Waals surface area contributed by atoms with Crippen LogP contribution in [0.5, 0.6) is 0 Å². The van der Waals surface area contributed by atoms with Gasteiger partial charge in [-0.05, 0) is 31.1 Å². The van der Waals surface area contributed by atoms with E-state index in [9.17, 15) is 4.79 Å². The lowest BCUT2D eigenvalue weighted by atomic mass is 10.0. The third-order valence-corrected chi connectivity index (χ3v) is 4.56. The van der Waals surface area contributed by atoms with Gasteiger partial charge in [-0.15, -0.1) is 0 Å². The van der Waals surface area contributed by atoms with E-state index < -0.39 is 0 Å². The molecule has 16 heavy (non-hydrogen) atoms. The molecule has 0 N–H and O–H groups in total. The lowest BCUT2D eigenvalue weighted by Gasteiger charge is -2.03. The van der Waals surface area contributed by atoms with E-state index in [4.69, 9.17) is 0 Å². The summed E-state index contributed by atoms with van der Waals surface area (Å²) in [6.45, 7) is 2.25. The number of carbonyl (C=O) groups excluding carboxylic acids is 1. The quantitative estimate of drug-likeness (QED) is 0.558. The molecule has 2 unspecified atom stereocenters. The van der Waals surface area contributed by atoms with E-state index in [1.165, 1.54) is 51.4 Å². The van der Waals surface area contributed by atoms with Gasteiger partial charge in [0.25, 0.3) is 0 Å². The molecule has 0 spiro atoms. The molecule has 1 nitrogen and oxygen atoms in total. The molecule has 2 aliphatic rings. The van der Waals surface area contributed by atoms with Crippen molar-refractivity contribution in [3.63, 3.8) is 0 Å². The van der Waals surface area contributed by atoms with Crippen LogP contribution in [0, 0.1) is 17.8 Å². The highest BCUT2D eigenvalue weighted by atomic mass is 16.1. The third-order valence-electron chi connectivity index (χ3n) is 4.56. The first-order chi connectivity index (χ1) is 7.84. The number of Topliss-reactive ketones (excluding diaryl/α,β-unsaturated/α-hetero) is 1. The molecule has 0 aliphatic heterocycles. The van der Waals surface area contributed by atoms with Crippen LogP contribution in [0.25, 0.3) is 0 Å². The van der Waals surface area contributed by atoms with Gasteiger partial charge in [0.1, 0.15) is 5.78 Å². The van der Waals surface area contributed by atoms with Gasteiger partial charge in [-0.1, -0.05) is 45.4 Å². The highest BCUT2D eigenvalue weighted by molar-refractivity contribution is 5.84. The Kier molecular flexibility index (Phi) is 4.43. The lowest BCUT2D eigenvalue weighted by molar-refractivity contribution is -0.121. The van der Waals surface area contributed by atoms with Crippen molar-refractivity contribution in [1.82, 2.24) is 0 Å². The molecule has 0 saturated heterocycles. The highest BCUT2D eigenvalue weighted by Gasteiger charge is 2.55. The fourth-order valence-corrected chi connectivity index (χ4v) is 3.55. The van der Waals surface area contributed by atoms with Crippen molar-refractivity contribution >= 4 is 5.78 Å². The molecular weight excluding hydrogens is 196 g/mol. The molecular formula is C15H26O. The predicted molar refractivity (Wildman–Crippen MR) is 67.3 cm³/mol. The van der Waals surface area contributed by atoms with Crippen LogP contribution < -0.4 is 0 Å². The second-order valence-corrected chi connectivity index (χ2v) is 5.77. The van der Waals surface area contributed by atoms with Crippen LogP contribution in [-0.2, 0) is 4.79 Å². The minimum Gasteiger partial charge on any atom is -0.299 e. The Labute approximate surface area is 100.0 Å². The van der Waals surface area contributed by atoms with Crippen molar-refractivity contribution < 1.29 is 4.79 Å². The van der Waals surface area contributed by atoms with Crippen LogP contribution >= 0.6 is 0 Å². The molecule has 2 rings (SSSR count). The summed E-state index contributed by atoms with van der Waals surface area (Å²) in [5.74, 6) is 2.77. The molecule has 2 aliphatic carbocycles. The van der Waals surface area contributed by atoms with Crippen LogP contribution in [0.2, 0.25) is 0 Å². The van der Waals surface area contributed by atoms with E-state index >= 15 is 0 Å². The van der Waals surface area contributed by atoms with E-state index in [0.29, 0.717) is 11.7 Å². The van der Waals surface area contributed by atoms with Gasteiger partial charge in [0.15, 0.2) is 0 Å². The molecule has 0 aromatic heterocycles. The average molecular weight is 222 g/mol. The van der Waals surface area contributed by atoms with Gasteiger partial charge in [0.05, 0.1) is 0 Å². The molecule has 2 fully saturated rings. The topological polar surface area (TPSA) is 17.1 Å². The zero-order chi connectivity index (χ0) is 11.4. The fraction of sp³-hybridized carbons (Fsp3) is 0.933. The largest absolute Gasteiger partial charge is 0.299 e. The molecule has 1 heteroatoms. The fourth-order valence-electron chi connectivity index (χ4n) is 3.55. The summed E-state index contributed by atoms with van der Waals surface area (Å²) in [7, 11) is 0. The maximum atomic E-state index is 11.9. The zero-order valence-corrected chi connectivity index (χ0v) is 10.7. The van der Waals surface area contributed by atoms with Crippen molar-refractivity contribution in [2.75, 3.05) is 0 Å². The summed E-state index contributed by atoms with van der Waals surface area (Å²) in [5, 5.41) is 0. The summed E-state index contributed by atoms with van der Waals surface area (Å²) in [4.78, 5) is 11.9. The van der Waals surface area contributed by atoms with Gasteiger partial charge in [-0.3, -0.25) is 4.79 Å². The number of ketones is 1. The Bertz CT molecular complexity index is 224. The minimum absolute atomic E-state index is 0.518. The molecule has 2 atom stereocenters. The van der Waals surface area contributed by atoms with Gasteiger partial charge >= 0.3 is 0 Å². The second kappa shape index (κ2) is 5.84. The van der Waals surface area contributed by atoms with Gasteiger partial charge in [-0.2, -0.15) is 0 Å². The predicted octanol–water partition coefficient (Wildman–Crippen LogP) is 4.35. The summed E-state index contributed by atoms with van der Waals surface area (Å²) < 4.78 is 0. The number of carbonyl (C=O) groups is 1. The Morgan fingerprint density at radius 2 is 1.62 bits per heavy atom. The standard InChI is InChI=1S/C15H26O/c1-2-3-4-5-6-7-11-14(16)15-12-9-8-10-13(12)15/h12-13,15H,2-11H2,1H3. The van der Waals surface area contributed by atoms with Crippen LogP contribution in [0.15, 0.2) is 0 Å². The number of rotatable bonds is 8. The molecule has 2 saturated carbocycles. The summed E-state index contributed by atoms with van der Waals surface area (Å²) in [5.41, 5.74) is 0. The van der Waals surface area contributed by atoms with Crippen molar-refractivity contribution in [1.29, 1.82) is 0 Å². The monoisotopic (exact) mass is 222 g/mol. The zero-order valence-electron chi connectivity index (χ0n) is 10.7. The minimum atomic E-state index is 0.518. The SMILES string of the molecule is CCCCCCCCC(=O)C1C2CCCC21. The third kappa shape index (κ3) is 2.87. The van der Waals surface area contributed by atoms with Crippen LogP contribution in [-0.4, -0.2) is 5.78 Å². The van der Waals surface area contributed by atoms with Crippen molar-refractivity contribution in [3.8, 4) is 0 Å². The second-order valence-electron chi connectivity index (χ2n) is 5.77. The first-order valence-electron chi connectivity index (χ1n) is 7.37. The van der Waals surface area contributed by atoms with E-state index in [-0.39, 0.29) is 0 Å². The van der Waals surface area contributed by atoms with Crippen molar-refractivity contribution in [3.05, 3.63) is 0 Å². The number of hydrogen-bond acceptors (Lipinski definition) is 1. The summed E-state index contributed by atoms with van der Waals surface area (Å²) >= 11 is 0. The molecule has 0 aromatic carbocycles. The normalized spacial score (nSPS) is 31.4. The van der Waals surface area contributed by atoms with Gasteiger partial charge in [0.2, 0.25) is 0 Å². The summed E-state index contributed by atoms with van der Waals surface area (Å²) in [6, 6.07) is 0. The molecule has 0 aromatic rings. The first kappa shape index (κ1) is 12.1. The highest BCUT2D eigenvalue weighted by Crippen LogP contribution is 2.58. The molecule has 0 bridgehead atoms. The molecule has 92 valence electrons. The van der Waals surface area contributed by atoms with Gasteiger partial charge in [0, 0.05) is 12.3 Å². The maximum Gasteiger partial charge on any atom is 0.136 e. The van der Waals surface area contributed by atoms with Crippen molar-refractivity contribution in [2.45, 2.75) is 71.1 Å². The van der Waals surface area contributed by atoms with E-state index in [2.05, 4.69) is 6.92 Å². The number of hydrogen-bond donors (Lipinski definition) is 0. The maximum absolute atomic E-state index is 11.9. The molecule has 0 heterocycles. The Morgan fingerprint density at radius 3 is 2.31 bits per heavy atom. The molecule has 0 amide bonds. The smallest absolute Gasteiger partial charge is 0.136 e. The van der Waals surface area contributed by atoms with Crippen LogP contribution in [0.1, 0.15) is 71.1 Å². The van der Waals surface area contributed by atoms with Crippen LogP contribution in [0.3, 0.4) is 0 Å². The van der Waals surface area contributed by atoms with Crippen molar-refractivity contribution in [2.24, 2.45) is 17.8 Å². The Balaban J connectivity index is 1.49. The van der Waals surface area contributed by atoms with E-state index in [1.54, 1.807) is 0 Å². The Morgan fingerprint density at radius 1 is 1.00 bits per heavy atom. The lowest BCUT2D eigenvalue weighted by Crippen LogP contribution is -2.05. The van der Waals surface area contributed by atoms with Gasteiger partial charge < -0.3 is 0 Å². The van der Waals surface area contributed by atoms with Gasteiger partial charge in [-0.25, -0.2) is 0 Å². The van der Waals surface area contributed by atoms with E-state index in [1.807, 2.05) is 0 Å². The number of unbranched alkanes of at least 4 members (excludes halogenated alkanes) is 5. The first-order valence-corrected chi connectivity index (χ1v) is 7.37. The molecule has 0 radical (unpaired) electrons. The van der Waals surface area contributed by atoms with Crippen LogP contribution in [0.4, 0.5) is 0 Å². The number of fused-ring (bicyclic) bond motifs is 1. The Hall–Kier alpha value is -0.330. The summed E-state index contributed by atoms with van der Waals surface area (Å²) in [6.07, 6.45) is 12.7. The average Bonchev–Trinajstić information content (AvgIpc) is 2.77.